The minimum Gasteiger partial charge on any atom is -0.330 e. The van der Waals surface area contributed by atoms with Crippen LogP contribution < -0.4 is 5.73 Å². The number of H-pyrrole nitrogens is 1. The summed E-state index contributed by atoms with van der Waals surface area (Å²) in [7, 11) is 0. The van der Waals surface area contributed by atoms with Gasteiger partial charge in [-0.05, 0) is 32.2 Å². The molecule has 4 nitrogen and oxygen atoms in total. The van der Waals surface area contributed by atoms with Gasteiger partial charge >= 0.3 is 0 Å². The Kier molecular flexibility index (Phi) is 4.34. The Morgan fingerprint density at radius 1 is 1.19 bits per heavy atom. The van der Waals surface area contributed by atoms with Crippen LogP contribution in [0.15, 0.2) is 0 Å². The first-order valence-electron chi connectivity index (χ1n) is 6.51. The van der Waals surface area contributed by atoms with Gasteiger partial charge in [0.1, 0.15) is 5.82 Å². The summed E-state index contributed by atoms with van der Waals surface area (Å²) in [4.78, 5) is 4.60. The zero-order chi connectivity index (χ0) is 11.2. The summed E-state index contributed by atoms with van der Waals surface area (Å²) >= 11 is 0. The first kappa shape index (κ1) is 11.6. The van der Waals surface area contributed by atoms with Crippen LogP contribution in [-0.2, 0) is 6.42 Å². The average Bonchev–Trinajstić information content (AvgIpc) is 2.79. The summed E-state index contributed by atoms with van der Waals surface area (Å²) in [5.41, 5.74) is 5.47. The van der Waals surface area contributed by atoms with Crippen LogP contribution in [0.2, 0.25) is 0 Å². The number of hydrogen-bond acceptors (Lipinski definition) is 3. The molecular weight excluding hydrogens is 200 g/mol. The van der Waals surface area contributed by atoms with E-state index in [4.69, 9.17) is 5.73 Å². The smallest absolute Gasteiger partial charge is 0.153 e. The number of hydrogen-bond donors (Lipinski definition) is 2. The molecule has 1 fully saturated rings. The molecule has 0 aromatic carbocycles. The average molecular weight is 222 g/mol. The van der Waals surface area contributed by atoms with Crippen molar-refractivity contribution in [2.75, 3.05) is 6.54 Å². The highest BCUT2D eigenvalue weighted by Gasteiger charge is 2.19. The highest BCUT2D eigenvalue weighted by Crippen LogP contribution is 2.30. The molecule has 1 aromatic rings. The molecule has 0 radical (unpaired) electrons. The molecule has 0 aliphatic heterocycles. The van der Waals surface area contributed by atoms with Gasteiger partial charge in [-0.25, -0.2) is 4.98 Å². The van der Waals surface area contributed by atoms with E-state index in [1.807, 2.05) is 0 Å². The Hall–Kier alpha value is -0.900. The summed E-state index contributed by atoms with van der Waals surface area (Å²) < 4.78 is 0. The largest absolute Gasteiger partial charge is 0.330 e. The minimum absolute atomic E-state index is 0.605. The molecule has 90 valence electrons. The van der Waals surface area contributed by atoms with Gasteiger partial charge in [0.25, 0.3) is 0 Å². The quantitative estimate of drug-likeness (QED) is 0.750. The van der Waals surface area contributed by atoms with Crippen LogP contribution in [0, 0.1) is 0 Å². The molecule has 1 aromatic heterocycles. The van der Waals surface area contributed by atoms with Crippen molar-refractivity contribution in [2.45, 2.75) is 57.3 Å². The third-order valence-electron chi connectivity index (χ3n) is 3.39. The van der Waals surface area contributed by atoms with Crippen molar-refractivity contribution in [3.8, 4) is 0 Å². The molecule has 0 bridgehead atoms. The molecular formula is C12H22N4. The zero-order valence-electron chi connectivity index (χ0n) is 9.91. The lowest BCUT2D eigenvalue weighted by molar-refractivity contribution is 0.429. The molecule has 0 unspecified atom stereocenters. The number of nitrogens with zero attached hydrogens (tertiary/aromatic N) is 2. The summed E-state index contributed by atoms with van der Waals surface area (Å²) in [5.74, 6) is 2.68. The molecule has 0 spiro atoms. The monoisotopic (exact) mass is 222 g/mol. The summed E-state index contributed by atoms with van der Waals surface area (Å²) in [6.07, 6.45) is 9.74. The minimum atomic E-state index is 0.605. The van der Waals surface area contributed by atoms with Crippen molar-refractivity contribution in [3.63, 3.8) is 0 Å². The van der Waals surface area contributed by atoms with E-state index in [-0.39, 0.29) is 0 Å². The molecule has 1 aliphatic rings. The Morgan fingerprint density at radius 2 is 2.00 bits per heavy atom. The molecule has 1 aliphatic carbocycles. The number of aryl methyl sites for hydroxylation is 1. The second-order valence-corrected chi connectivity index (χ2v) is 4.72. The van der Waals surface area contributed by atoms with Gasteiger partial charge in [-0.15, -0.1) is 0 Å². The van der Waals surface area contributed by atoms with E-state index in [1.165, 1.54) is 32.1 Å². The van der Waals surface area contributed by atoms with Crippen molar-refractivity contribution in [1.29, 1.82) is 0 Å². The second kappa shape index (κ2) is 5.99. The lowest BCUT2D eigenvalue weighted by Crippen LogP contribution is -2.06. The molecule has 0 amide bonds. The van der Waals surface area contributed by atoms with Gasteiger partial charge in [-0.3, -0.25) is 5.10 Å². The Bertz CT molecular complexity index is 302. The van der Waals surface area contributed by atoms with Crippen LogP contribution in [0.3, 0.4) is 0 Å². The molecule has 1 saturated carbocycles. The number of nitrogens with one attached hydrogen (secondary N) is 1. The molecule has 16 heavy (non-hydrogen) atoms. The van der Waals surface area contributed by atoms with Gasteiger partial charge in [0, 0.05) is 12.3 Å². The number of unbranched alkanes of at least 4 members (excludes halogenated alkanes) is 1. The van der Waals surface area contributed by atoms with E-state index in [2.05, 4.69) is 15.2 Å². The molecule has 4 heteroatoms. The van der Waals surface area contributed by atoms with E-state index in [1.54, 1.807) is 0 Å². The number of rotatable bonds is 5. The first-order valence-corrected chi connectivity index (χ1v) is 6.51. The van der Waals surface area contributed by atoms with Crippen molar-refractivity contribution >= 4 is 0 Å². The van der Waals surface area contributed by atoms with Gasteiger partial charge in [0.05, 0.1) is 0 Å². The third-order valence-corrected chi connectivity index (χ3v) is 3.39. The van der Waals surface area contributed by atoms with Gasteiger partial charge in [0.15, 0.2) is 5.82 Å². The fourth-order valence-electron chi connectivity index (χ4n) is 2.40. The Labute approximate surface area is 97.0 Å². The van der Waals surface area contributed by atoms with Crippen LogP contribution in [0.1, 0.15) is 62.5 Å². The van der Waals surface area contributed by atoms with Crippen molar-refractivity contribution in [2.24, 2.45) is 5.73 Å². The first-order chi connectivity index (χ1) is 7.90. The maximum Gasteiger partial charge on any atom is 0.153 e. The molecule has 2 rings (SSSR count). The lowest BCUT2D eigenvalue weighted by atomic mass is 9.89. The van der Waals surface area contributed by atoms with Gasteiger partial charge in [-0.2, -0.15) is 5.10 Å². The van der Waals surface area contributed by atoms with Crippen LogP contribution in [0.25, 0.3) is 0 Å². The molecule has 0 atom stereocenters. The van der Waals surface area contributed by atoms with Crippen molar-refractivity contribution in [3.05, 3.63) is 11.6 Å². The van der Waals surface area contributed by atoms with Gasteiger partial charge < -0.3 is 5.73 Å². The topological polar surface area (TPSA) is 67.6 Å². The second-order valence-electron chi connectivity index (χ2n) is 4.72. The summed E-state index contributed by atoms with van der Waals surface area (Å²) in [6, 6.07) is 0. The fourth-order valence-corrected chi connectivity index (χ4v) is 2.40. The van der Waals surface area contributed by atoms with Gasteiger partial charge in [-0.1, -0.05) is 19.3 Å². The maximum atomic E-state index is 5.47. The van der Waals surface area contributed by atoms with E-state index >= 15 is 0 Å². The zero-order valence-corrected chi connectivity index (χ0v) is 9.91. The van der Waals surface area contributed by atoms with Crippen LogP contribution >= 0.6 is 0 Å². The number of aromatic nitrogens is 3. The molecule has 3 N–H and O–H groups in total. The van der Waals surface area contributed by atoms with Crippen LogP contribution in [-0.4, -0.2) is 21.7 Å². The lowest BCUT2D eigenvalue weighted by Gasteiger charge is -2.17. The predicted octanol–water partition coefficient (Wildman–Crippen LogP) is 2.13. The Balaban J connectivity index is 1.85. The van der Waals surface area contributed by atoms with E-state index in [0.29, 0.717) is 5.92 Å². The predicted molar refractivity (Wildman–Crippen MR) is 64.2 cm³/mol. The highest BCUT2D eigenvalue weighted by molar-refractivity contribution is 4.99. The standard InChI is InChI=1S/C12H22N4/c13-9-5-4-8-11-14-12(16-15-11)10-6-2-1-3-7-10/h10H,1-9,13H2,(H,14,15,16). The normalized spacial score (nSPS) is 17.8. The molecule has 0 saturated heterocycles. The number of nitrogens with two attached hydrogens (primary N) is 1. The van der Waals surface area contributed by atoms with E-state index < -0.39 is 0 Å². The fraction of sp³-hybridized carbons (Fsp3) is 0.833. The van der Waals surface area contributed by atoms with E-state index in [9.17, 15) is 0 Å². The van der Waals surface area contributed by atoms with E-state index in [0.717, 1.165) is 37.5 Å². The van der Waals surface area contributed by atoms with Crippen molar-refractivity contribution < 1.29 is 0 Å². The van der Waals surface area contributed by atoms with Crippen LogP contribution in [0.4, 0.5) is 0 Å². The van der Waals surface area contributed by atoms with Gasteiger partial charge in [0.2, 0.25) is 0 Å². The summed E-state index contributed by atoms with van der Waals surface area (Å²) in [6.45, 7) is 0.767. The SMILES string of the molecule is NCCCCc1nc(C2CCCCC2)n[nH]1. The molecule has 1 heterocycles. The Morgan fingerprint density at radius 3 is 2.75 bits per heavy atom. The number of aromatic amines is 1. The highest BCUT2D eigenvalue weighted by atomic mass is 15.2. The third kappa shape index (κ3) is 3.04. The van der Waals surface area contributed by atoms with Crippen LogP contribution in [0.5, 0.6) is 0 Å². The maximum absolute atomic E-state index is 5.47. The summed E-state index contributed by atoms with van der Waals surface area (Å²) in [5, 5.41) is 7.41. The van der Waals surface area contributed by atoms with Crippen molar-refractivity contribution in [1.82, 2.24) is 15.2 Å².